The van der Waals surface area contributed by atoms with Crippen LogP contribution in [0, 0.1) is 11.8 Å². The summed E-state index contributed by atoms with van der Waals surface area (Å²) in [6, 6.07) is 1.44. The molecule has 0 aromatic rings. The molecule has 18 heavy (non-hydrogen) atoms. The monoisotopic (exact) mass is 254 g/mol. The number of hydrogen-bond acceptors (Lipinski definition) is 2. The fourth-order valence-electron chi connectivity index (χ4n) is 3.26. The van der Waals surface area contributed by atoms with Crippen molar-refractivity contribution in [3.8, 4) is 0 Å². The van der Waals surface area contributed by atoms with E-state index in [9.17, 15) is 0 Å². The lowest BCUT2D eigenvalue weighted by Crippen LogP contribution is -2.41. The Hall–Kier alpha value is -0.0800. The van der Waals surface area contributed by atoms with Gasteiger partial charge >= 0.3 is 0 Å². The first-order valence-corrected chi connectivity index (χ1v) is 7.88. The van der Waals surface area contributed by atoms with Crippen molar-refractivity contribution in [2.24, 2.45) is 11.8 Å². The predicted molar refractivity (Wildman–Crippen MR) is 81.0 cm³/mol. The Morgan fingerprint density at radius 1 is 1.17 bits per heavy atom. The molecule has 2 heteroatoms. The first kappa shape index (κ1) is 16.0. The molecule has 0 amide bonds. The van der Waals surface area contributed by atoms with E-state index in [0.29, 0.717) is 6.04 Å². The maximum Gasteiger partial charge on any atom is 0.00721 e. The van der Waals surface area contributed by atoms with Gasteiger partial charge in [-0.3, -0.25) is 0 Å². The average molecular weight is 254 g/mol. The van der Waals surface area contributed by atoms with E-state index < -0.39 is 0 Å². The van der Waals surface area contributed by atoms with Crippen LogP contribution in [0.15, 0.2) is 0 Å². The minimum absolute atomic E-state index is 0.662. The molecule has 0 saturated heterocycles. The maximum atomic E-state index is 3.85. The first-order valence-electron chi connectivity index (χ1n) is 7.88. The van der Waals surface area contributed by atoms with Crippen LogP contribution in [-0.2, 0) is 0 Å². The fraction of sp³-hybridized carbons (Fsp3) is 1.00. The molecule has 0 aromatic carbocycles. The van der Waals surface area contributed by atoms with Crippen molar-refractivity contribution in [3.05, 3.63) is 0 Å². The molecule has 1 aliphatic carbocycles. The van der Waals surface area contributed by atoms with Gasteiger partial charge in [-0.15, -0.1) is 0 Å². The highest BCUT2D eigenvalue weighted by molar-refractivity contribution is 4.80. The van der Waals surface area contributed by atoms with E-state index in [0.717, 1.165) is 17.9 Å². The Kier molecular flexibility index (Phi) is 7.25. The van der Waals surface area contributed by atoms with E-state index >= 15 is 0 Å². The highest BCUT2D eigenvalue weighted by atomic mass is 15.1. The predicted octanol–water partition coefficient (Wildman–Crippen LogP) is 3.52. The molecular formula is C16H34N2. The van der Waals surface area contributed by atoms with Crippen molar-refractivity contribution in [1.82, 2.24) is 10.2 Å². The third-order valence-corrected chi connectivity index (χ3v) is 4.12. The van der Waals surface area contributed by atoms with Crippen LogP contribution in [0.25, 0.3) is 0 Å². The topological polar surface area (TPSA) is 15.3 Å². The number of nitrogens with one attached hydrogen (secondary N) is 1. The van der Waals surface area contributed by atoms with E-state index in [-0.39, 0.29) is 0 Å². The van der Waals surface area contributed by atoms with Crippen LogP contribution in [0.5, 0.6) is 0 Å². The van der Waals surface area contributed by atoms with E-state index in [2.05, 4.69) is 45.1 Å². The van der Waals surface area contributed by atoms with Gasteiger partial charge in [0.25, 0.3) is 0 Å². The molecule has 3 unspecified atom stereocenters. The van der Waals surface area contributed by atoms with Gasteiger partial charge < -0.3 is 10.2 Å². The molecule has 0 aliphatic heterocycles. The third kappa shape index (κ3) is 6.75. The molecule has 108 valence electrons. The van der Waals surface area contributed by atoms with Crippen LogP contribution < -0.4 is 5.32 Å². The summed E-state index contributed by atoms with van der Waals surface area (Å²) in [5.41, 5.74) is 0. The molecule has 0 spiro atoms. The summed E-state index contributed by atoms with van der Waals surface area (Å²) in [6.45, 7) is 8.25. The fourth-order valence-corrected chi connectivity index (χ4v) is 3.26. The van der Waals surface area contributed by atoms with Crippen LogP contribution >= 0.6 is 0 Å². The zero-order chi connectivity index (χ0) is 13.5. The Labute approximate surface area is 115 Å². The van der Waals surface area contributed by atoms with E-state index in [4.69, 9.17) is 0 Å². The van der Waals surface area contributed by atoms with Gasteiger partial charge in [-0.2, -0.15) is 0 Å². The second-order valence-corrected chi connectivity index (χ2v) is 7.02. The Morgan fingerprint density at radius 3 is 2.50 bits per heavy atom. The lowest BCUT2D eigenvalue weighted by Gasteiger charge is -2.33. The second-order valence-electron chi connectivity index (χ2n) is 7.02. The van der Waals surface area contributed by atoms with E-state index in [1.807, 2.05) is 0 Å². The highest BCUT2D eigenvalue weighted by Gasteiger charge is 2.23. The van der Waals surface area contributed by atoms with Gasteiger partial charge in [0.15, 0.2) is 0 Å². The smallest absolute Gasteiger partial charge is 0.00721 e. The second kappa shape index (κ2) is 8.16. The third-order valence-electron chi connectivity index (χ3n) is 4.12. The van der Waals surface area contributed by atoms with E-state index in [1.165, 1.54) is 45.1 Å². The zero-order valence-electron chi connectivity index (χ0n) is 13.2. The Bertz CT molecular complexity index is 213. The van der Waals surface area contributed by atoms with Crippen molar-refractivity contribution in [1.29, 1.82) is 0 Å². The molecule has 0 bridgehead atoms. The van der Waals surface area contributed by atoms with Gasteiger partial charge in [0.1, 0.15) is 0 Å². The minimum atomic E-state index is 0.662. The number of hydrogen-bond donors (Lipinski definition) is 1. The van der Waals surface area contributed by atoms with Crippen molar-refractivity contribution < 1.29 is 0 Å². The van der Waals surface area contributed by atoms with Gasteiger partial charge in [-0.1, -0.05) is 26.7 Å². The largest absolute Gasteiger partial charge is 0.311 e. The van der Waals surface area contributed by atoms with Crippen LogP contribution in [0.4, 0.5) is 0 Å². The first-order chi connectivity index (χ1) is 8.47. The minimum Gasteiger partial charge on any atom is -0.311 e. The number of rotatable bonds is 7. The Balaban J connectivity index is 2.24. The quantitative estimate of drug-likeness (QED) is 0.748. The van der Waals surface area contributed by atoms with Crippen LogP contribution in [0.2, 0.25) is 0 Å². The standard InChI is InChI=1S/C16H34N2/c1-13(2)11-15-7-6-8-16(12-15)17-14(3)9-10-18(4)5/h13-17H,6-12H2,1-5H3. The summed E-state index contributed by atoms with van der Waals surface area (Å²) in [7, 11) is 4.32. The molecule has 1 saturated carbocycles. The normalized spacial score (nSPS) is 26.8. The van der Waals surface area contributed by atoms with Crippen molar-refractivity contribution >= 4 is 0 Å². The lowest BCUT2D eigenvalue weighted by molar-refractivity contribution is 0.235. The summed E-state index contributed by atoms with van der Waals surface area (Å²) < 4.78 is 0. The summed E-state index contributed by atoms with van der Waals surface area (Å²) in [5.74, 6) is 1.83. The van der Waals surface area contributed by atoms with Crippen LogP contribution in [0.3, 0.4) is 0 Å². The molecule has 1 rings (SSSR count). The Morgan fingerprint density at radius 2 is 1.89 bits per heavy atom. The molecule has 0 aromatic heterocycles. The molecule has 0 radical (unpaired) electrons. The van der Waals surface area contributed by atoms with Crippen LogP contribution in [-0.4, -0.2) is 37.6 Å². The zero-order valence-corrected chi connectivity index (χ0v) is 13.2. The molecular weight excluding hydrogens is 220 g/mol. The molecule has 2 nitrogen and oxygen atoms in total. The summed E-state index contributed by atoms with van der Waals surface area (Å²) in [4.78, 5) is 2.28. The van der Waals surface area contributed by atoms with Gasteiger partial charge in [0.2, 0.25) is 0 Å². The van der Waals surface area contributed by atoms with Gasteiger partial charge in [0.05, 0.1) is 0 Å². The maximum absolute atomic E-state index is 3.85. The molecule has 1 aliphatic rings. The van der Waals surface area contributed by atoms with Crippen molar-refractivity contribution in [2.45, 2.75) is 71.4 Å². The molecule has 0 heterocycles. The molecule has 3 atom stereocenters. The highest BCUT2D eigenvalue weighted by Crippen LogP contribution is 2.29. The van der Waals surface area contributed by atoms with E-state index in [1.54, 1.807) is 0 Å². The van der Waals surface area contributed by atoms with Gasteiger partial charge in [-0.25, -0.2) is 0 Å². The molecule has 1 fully saturated rings. The molecule has 1 N–H and O–H groups in total. The van der Waals surface area contributed by atoms with Crippen molar-refractivity contribution in [2.75, 3.05) is 20.6 Å². The number of nitrogens with zero attached hydrogens (tertiary/aromatic N) is 1. The van der Waals surface area contributed by atoms with Gasteiger partial charge in [-0.05, 0) is 65.1 Å². The van der Waals surface area contributed by atoms with Crippen molar-refractivity contribution in [3.63, 3.8) is 0 Å². The lowest BCUT2D eigenvalue weighted by atomic mass is 9.81. The summed E-state index contributed by atoms with van der Waals surface area (Å²) >= 11 is 0. The average Bonchev–Trinajstić information content (AvgIpc) is 2.26. The SMILES string of the molecule is CC(C)CC1CCCC(NC(C)CCN(C)C)C1. The summed E-state index contributed by atoms with van der Waals surface area (Å²) in [6.07, 6.45) is 8.37. The van der Waals surface area contributed by atoms with Crippen LogP contribution in [0.1, 0.15) is 59.3 Å². The van der Waals surface area contributed by atoms with Gasteiger partial charge in [0, 0.05) is 12.1 Å². The summed E-state index contributed by atoms with van der Waals surface area (Å²) in [5, 5.41) is 3.85.